The van der Waals surface area contributed by atoms with Crippen LogP contribution >= 0.6 is 0 Å². The molecule has 2 unspecified atom stereocenters. The number of hydrogen-bond acceptors (Lipinski definition) is 3. The molecule has 0 bridgehead atoms. The van der Waals surface area contributed by atoms with Crippen LogP contribution in [0.3, 0.4) is 0 Å². The molecule has 3 N–H and O–H groups in total. The Balaban J connectivity index is 1.80. The second-order valence-electron chi connectivity index (χ2n) is 5.90. The van der Waals surface area contributed by atoms with Crippen LogP contribution in [0.25, 0.3) is 0 Å². The number of nitrogens with two attached hydrogens (primary N) is 1. The fourth-order valence-electron chi connectivity index (χ4n) is 2.83. The largest absolute Gasteiger partial charge is 0.368 e. The van der Waals surface area contributed by atoms with Crippen molar-refractivity contribution in [3.05, 3.63) is 0 Å². The number of carbonyl (C=O) groups excluding carboxylic acids is 1. The second kappa shape index (κ2) is 6.53. The van der Waals surface area contributed by atoms with E-state index in [0.717, 1.165) is 25.6 Å². The summed E-state index contributed by atoms with van der Waals surface area (Å²) in [7, 11) is 0. The Bertz CT molecular complexity index is 278. The summed E-state index contributed by atoms with van der Waals surface area (Å²) in [6.45, 7) is 5.31. The van der Waals surface area contributed by atoms with Gasteiger partial charge < -0.3 is 16.0 Å². The fraction of sp³-hybridized carbons (Fsp3) is 0.929. The van der Waals surface area contributed by atoms with Gasteiger partial charge in [-0.1, -0.05) is 13.3 Å². The lowest BCUT2D eigenvalue weighted by atomic mass is 9.98. The van der Waals surface area contributed by atoms with Crippen molar-refractivity contribution >= 4 is 5.91 Å². The highest BCUT2D eigenvalue weighted by Gasteiger charge is 2.29. The van der Waals surface area contributed by atoms with Crippen molar-refractivity contribution in [3.63, 3.8) is 0 Å². The first-order valence-electron chi connectivity index (χ1n) is 7.46. The predicted molar refractivity (Wildman–Crippen MR) is 73.2 cm³/mol. The van der Waals surface area contributed by atoms with Crippen LogP contribution in [0.2, 0.25) is 0 Å². The van der Waals surface area contributed by atoms with Crippen molar-refractivity contribution in [2.75, 3.05) is 19.6 Å². The van der Waals surface area contributed by atoms with Crippen LogP contribution in [0, 0.1) is 5.92 Å². The number of nitrogens with zero attached hydrogens (tertiary/aromatic N) is 1. The minimum atomic E-state index is -0.196. The molecule has 1 aliphatic carbocycles. The van der Waals surface area contributed by atoms with Crippen LogP contribution in [-0.4, -0.2) is 42.5 Å². The van der Waals surface area contributed by atoms with Gasteiger partial charge in [-0.05, 0) is 51.1 Å². The lowest BCUT2D eigenvalue weighted by Crippen LogP contribution is -2.50. The molecule has 4 nitrogen and oxygen atoms in total. The highest BCUT2D eigenvalue weighted by atomic mass is 16.1. The van der Waals surface area contributed by atoms with Gasteiger partial charge in [0.25, 0.3) is 0 Å². The van der Waals surface area contributed by atoms with Gasteiger partial charge in [-0.2, -0.15) is 0 Å². The SMILES string of the molecule is CCC1CCCN(CC(NC2CC2)C(N)=O)CC1. The first-order valence-corrected chi connectivity index (χ1v) is 7.46. The Kier molecular flexibility index (Phi) is 5.01. The topological polar surface area (TPSA) is 58.4 Å². The van der Waals surface area contributed by atoms with E-state index in [0.29, 0.717) is 6.04 Å². The van der Waals surface area contributed by atoms with Crippen LogP contribution in [0.15, 0.2) is 0 Å². The molecule has 0 radical (unpaired) electrons. The summed E-state index contributed by atoms with van der Waals surface area (Å²) in [5, 5.41) is 3.37. The zero-order valence-corrected chi connectivity index (χ0v) is 11.5. The zero-order chi connectivity index (χ0) is 13.0. The van der Waals surface area contributed by atoms with Crippen molar-refractivity contribution in [2.24, 2.45) is 11.7 Å². The van der Waals surface area contributed by atoms with E-state index in [1.807, 2.05) is 0 Å². The summed E-state index contributed by atoms with van der Waals surface area (Å²) in [5.41, 5.74) is 5.49. The van der Waals surface area contributed by atoms with Crippen LogP contribution in [0.1, 0.15) is 45.4 Å². The van der Waals surface area contributed by atoms with Crippen LogP contribution in [0.4, 0.5) is 0 Å². The van der Waals surface area contributed by atoms with E-state index in [2.05, 4.69) is 17.1 Å². The number of amides is 1. The van der Waals surface area contributed by atoms with Gasteiger partial charge in [0, 0.05) is 12.6 Å². The van der Waals surface area contributed by atoms with Crippen molar-refractivity contribution < 1.29 is 4.79 Å². The quantitative estimate of drug-likeness (QED) is 0.745. The average molecular weight is 253 g/mol. The molecule has 0 aromatic rings. The Morgan fingerprint density at radius 3 is 2.72 bits per heavy atom. The maximum atomic E-state index is 11.5. The number of rotatable bonds is 6. The van der Waals surface area contributed by atoms with Crippen molar-refractivity contribution in [1.29, 1.82) is 0 Å². The molecule has 2 fully saturated rings. The van der Waals surface area contributed by atoms with E-state index < -0.39 is 0 Å². The van der Waals surface area contributed by atoms with Gasteiger partial charge in [0.05, 0.1) is 6.04 Å². The number of likely N-dealkylation sites (tertiary alicyclic amines) is 1. The maximum absolute atomic E-state index is 11.5. The minimum absolute atomic E-state index is 0.157. The molecule has 0 aromatic heterocycles. The second-order valence-corrected chi connectivity index (χ2v) is 5.90. The molecule has 1 saturated carbocycles. The third-order valence-corrected chi connectivity index (χ3v) is 4.32. The van der Waals surface area contributed by atoms with Crippen LogP contribution in [0.5, 0.6) is 0 Å². The van der Waals surface area contributed by atoms with Crippen molar-refractivity contribution in [1.82, 2.24) is 10.2 Å². The summed E-state index contributed by atoms with van der Waals surface area (Å²) in [4.78, 5) is 13.9. The van der Waals surface area contributed by atoms with Crippen molar-refractivity contribution in [2.45, 2.75) is 57.5 Å². The Morgan fingerprint density at radius 1 is 1.33 bits per heavy atom. The molecular formula is C14H27N3O. The number of primary amides is 1. The molecule has 2 atom stereocenters. The van der Waals surface area contributed by atoms with Gasteiger partial charge in [-0.25, -0.2) is 0 Å². The number of carbonyl (C=O) groups is 1. The number of hydrogen-bond donors (Lipinski definition) is 2. The van der Waals surface area contributed by atoms with Gasteiger partial charge >= 0.3 is 0 Å². The summed E-state index contributed by atoms with van der Waals surface area (Å²) >= 11 is 0. The summed E-state index contributed by atoms with van der Waals surface area (Å²) in [6, 6.07) is 0.383. The minimum Gasteiger partial charge on any atom is -0.368 e. The standard InChI is InChI=1S/C14H27N3O/c1-2-11-4-3-8-17(9-7-11)10-13(14(15)18)16-12-5-6-12/h11-13,16H,2-10H2,1H3,(H2,15,18). The Morgan fingerprint density at radius 2 is 2.11 bits per heavy atom. The van der Waals surface area contributed by atoms with Gasteiger partial charge in [0.1, 0.15) is 0 Å². The van der Waals surface area contributed by atoms with E-state index in [1.165, 1.54) is 38.5 Å². The molecule has 1 saturated heterocycles. The molecular weight excluding hydrogens is 226 g/mol. The van der Waals surface area contributed by atoms with E-state index in [1.54, 1.807) is 0 Å². The lowest BCUT2D eigenvalue weighted by molar-refractivity contribution is -0.120. The van der Waals surface area contributed by atoms with Gasteiger partial charge in [0.2, 0.25) is 5.91 Å². The third-order valence-electron chi connectivity index (χ3n) is 4.32. The van der Waals surface area contributed by atoms with Gasteiger partial charge in [0.15, 0.2) is 0 Å². The molecule has 1 aliphatic heterocycles. The van der Waals surface area contributed by atoms with Crippen LogP contribution < -0.4 is 11.1 Å². The molecule has 2 aliphatic rings. The van der Waals surface area contributed by atoms with E-state index in [9.17, 15) is 4.79 Å². The molecule has 4 heteroatoms. The summed E-state index contributed by atoms with van der Waals surface area (Å²) < 4.78 is 0. The average Bonchev–Trinajstić information content (AvgIpc) is 3.15. The van der Waals surface area contributed by atoms with Crippen molar-refractivity contribution in [3.8, 4) is 0 Å². The first kappa shape index (κ1) is 13.8. The maximum Gasteiger partial charge on any atom is 0.235 e. The molecule has 2 rings (SSSR count). The molecule has 0 aromatic carbocycles. The Hall–Kier alpha value is -0.610. The monoisotopic (exact) mass is 253 g/mol. The first-order chi connectivity index (χ1) is 8.69. The molecule has 0 spiro atoms. The lowest BCUT2D eigenvalue weighted by Gasteiger charge is -2.25. The normalized spacial score (nSPS) is 27.7. The van der Waals surface area contributed by atoms with E-state index in [4.69, 9.17) is 5.73 Å². The van der Waals surface area contributed by atoms with Gasteiger partial charge in [-0.3, -0.25) is 4.79 Å². The molecule has 1 heterocycles. The molecule has 18 heavy (non-hydrogen) atoms. The smallest absolute Gasteiger partial charge is 0.235 e. The summed E-state index contributed by atoms with van der Waals surface area (Å²) in [5.74, 6) is 0.677. The molecule has 104 valence electrons. The van der Waals surface area contributed by atoms with Gasteiger partial charge in [-0.15, -0.1) is 0 Å². The molecule has 1 amide bonds. The van der Waals surface area contributed by atoms with E-state index in [-0.39, 0.29) is 11.9 Å². The summed E-state index contributed by atoms with van der Waals surface area (Å²) in [6.07, 6.45) is 7.54. The highest BCUT2D eigenvalue weighted by molar-refractivity contribution is 5.80. The Labute approximate surface area is 110 Å². The number of nitrogens with one attached hydrogen (secondary N) is 1. The predicted octanol–water partition coefficient (Wildman–Crippen LogP) is 1.10. The highest BCUT2D eigenvalue weighted by Crippen LogP contribution is 2.22. The third kappa shape index (κ3) is 4.25. The van der Waals surface area contributed by atoms with E-state index >= 15 is 0 Å². The zero-order valence-electron chi connectivity index (χ0n) is 11.5. The fourth-order valence-corrected chi connectivity index (χ4v) is 2.83. The van der Waals surface area contributed by atoms with Crippen LogP contribution in [-0.2, 0) is 4.79 Å².